The number of anilines is 4. The molecule has 3 rings (SSSR count). The van der Waals surface area contributed by atoms with Crippen molar-refractivity contribution in [3.05, 3.63) is 70.0 Å². The van der Waals surface area contributed by atoms with E-state index in [9.17, 15) is 18.5 Å². The largest absolute Gasteiger partial charge is 0.353 e. The van der Waals surface area contributed by atoms with E-state index in [1.54, 1.807) is 38.1 Å². The SMILES string of the molecule is CCN(CC)S(=O)(=O)c1ccc(Nc2ncnc(Nc3cccc(Cl)c3)c2[N+](=O)[O-])cc1. The van der Waals surface area contributed by atoms with Crippen LogP contribution in [0.5, 0.6) is 0 Å². The predicted molar refractivity (Wildman–Crippen MR) is 123 cm³/mol. The van der Waals surface area contributed by atoms with E-state index < -0.39 is 14.9 Å². The fraction of sp³-hybridized carbons (Fsp3) is 0.200. The Morgan fingerprint density at radius 2 is 1.59 bits per heavy atom. The van der Waals surface area contributed by atoms with Gasteiger partial charge in [-0.3, -0.25) is 10.1 Å². The van der Waals surface area contributed by atoms with E-state index in [2.05, 4.69) is 20.6 Å². The molecule has 3 aromatic rings. The number of hydrogen-bond acceptors (Lipinski definition) is 8. The summed E-state index contributed by atoms with van der Waals surface area (Å²) in [5.41, 5.74) is 0.586. The molecule has 1 aromatic heterocycles. The molecule has 2 N–H and O–H groups in total. The van der Waals surface area contributed by atoms with Gasteiger partial charge in [0.1, 0.15) is 6.33 Å². The molecule has 0 saturated carbocycles. The molecule has 12 heteroatoms. The molecule has 0 bridgehead atoms. The van der Waals surface area contributed by atoms with Crippen LogP contribution >= 0.6 is 11.6 Å². The van der Waals surface area contributed by atoms with E-state index in [0.29, 0.717) is 29.5 Å². The highest BCUT2D eigenvalue weighted by Crippen LogP contribution is 2.33. The second kappa shape index (κ2) is 9.90. The van der Waals surface area contributed by atoms with Crippen molar-refractivity contribution in [2.75, 3.05) is 23.7 Å². The number of hydrogen-bond donors (Lipinski definition) is 2. The second-order valence-corrected chi connectivity index (χ2v) is 8.93. The number of benzene rings is 2. The van der Waals surface area contributed by atoms with E-state index in [1.807, 2.05) is 0 Å². The first-order valence-corrected chi connectivity index (χ1v) is 11.5. The summed E-state index contributed by atoms with van der Waals surface area (Å²) in [6, 6.07) is 12.6. The highest BCUT2D eigenvalue weighted by atomic mass is 35.5. The van der Waals surface area contributed by atoms with Gasteiger partial charge in [-0.15, -0.1) is 0 Å². The molecular formula is C20H21ClN6O4S. The summed E-state index contributed by atoms with van der Waals surface area (Å²) < 4.78 is 26.6. The van der Waals surface area contributed by atoms with Crippen LogP contribution in [0.2, 0.25) is 5.02 Å². The third-order valence-electron chi connectivity index (χ3n) is 4.55. The van der Waals surface area contributed by atoms with Crippen molar-refractivity contribution in [1.82, 2.24) is 14.3 Å². The maximum atomic E-state index is 12.6. The Balaban J connectivity index is 1.90. The van der Waals surface area contributed by atoms with Crippen molar-refractivity contribution >= 4 is 50.3 Å². The Labute approximate surface area is 190 Å². The van der Waals surface area contributed by atoms with E-state index in [0.717, 1.165) is 0 Å². The van der Waals surface area contributed by atoms with Gasteiger partial charge in [-0.1, -0.05) is 31.5 Å². The van der Waals surface area contributed by atoms with E-state index in [1.165, 1.54) is 34.9 Å². The van der Waals surface area contributed by atoms with Gasteiger partial charge < -0.3 is 10.6 Å². The normalized spacial score (nSPS) is 11.4. The maximum Gasteiger partial charge on any atom is 0.353 e. The van der Waals surface area contributed by atoms with E-state index >= 15 is 0 Å². The highest BCUT2D eigenvalue weighted by molar-refractivity contribution is 7.89. The second-order valence-electron chi connectivity index (χ2n) is 6.55. The summed E-state index contributed by atoms with van der Waals surface area (Å²) >= 11 is 5.97. The molecule has 0 atom stereocenters. The van der Waals surface area contributed by atoms with Crippen LogP contribution in [0.15, 0.2) is 59.8 Å². The monoisotopic (exact) mass is 476 g/mol. The first kappa shape index (κ1) is 23.4. The smallest absolute Gasteiger partial charge is 0.334 e. The lowest BCUT2D eigenvalue weighted by Gasteiger charge is -2.18. The van der Waals surface area contributed by atoms with E-state index in [-0.39, 0.29) is 22.2 Å². The van der Waals surface area contributed by atoms with Crippen molar-refractivity contribution in [2.24, 2.45) is 0 Å². The molecule has 1 heterocycles. The molecule has 0 saturated heterocycles. The molecular weight excluding hydrogens is 456 g/mol. The number of halogens is 1. The average molecular weight is 477 g/mol. The Hall–Kier alpha value is -3.28. The fourth-order valence-electron chi connectivity index (χ4n) is 3.00. The average Bonchev–Trinajstić information content (AvgIpc) is 2.75. The standard InChI is InChI=1S/C20H21ClN6O4S/c1-3-26(4-2)32(30,31)17-10-8-15(9-11-17)24-19-18(27(28)29)20(23-13-22-19)25-16-7-5-6-14(21)12-16/h5-13H,3-4H2,1-2H3,(H2,22,23,24,25). The molecule has 0 aliphatic rings. The Morgan fingerprint density at radius 1 is 1.00 bits per heavy atom. The molecule has 10 nitrogen and oxygen atoms in total. The molecule has 0 spiro atoms. The maximum absolute atomic E-state index is 12.6. The van der Waals surface area contributed by atoms with Gasteiger partial charge in [-0.25, -0.2) is 18.4 Å². The lowest BCUT2D eigenvalue weighted by molar-refractivity contribution is -0.383. The van der Waals surface area contributed by atoms with Crippen LogP contribution in [0.3, 0.4) is 0 Å². The van der Waals surface area contributed by atoms with Crippen molar-refractivity contribution in [1.29, 1.82) is 0 Å². The highest BCUT2D eigenvalue weighted by Gasteiger charge is 2.24. The van der Waals surface area contributed by atoms with Crippen LogP contribution in [0.1, 0.15) is 13.8 Å². The molecule has 0 aliphatic heterocycles. The summed E-state index contributed by atoms with van der Waals surface area (Å²) in [7, 11) is -3.61. The molecule has 168 valence electrons. The lowest BCUT2D eigenvalue weighted by atomic mass is 10.3. The van der Waals surface area contributed by atoms with Crippen LogP contribution in [-0.2, 0) is 10.0 Å². The Bertz CT molecular complexity index is 1220. The zero-order chi connectivity index (χ0) is 23.3. The van der Waals surface area contributed by atoms with E-state index in [4.69, 9.17) is 11.6 Å². The Kier molecular flexibility index (Phi) is 7.23. The van der Waals surface area contributed by atoms with Crippen LogP contribution in [0, 0.1) is 10.1 Å². The summed E-state index contributed by atoms with van der Waals surface area (Å²) in [6.45, 7) is 4.24. The minimum Gasteiger partial charge on any atom is -0.334 e. The zero-order valence-electron chi connectivity index (χ0n) is 17.3. The lowest BCUT2D eigenvalue weighted by Crippen LogP contribution is -2.30. The van der Waals surface area contributed by atoms with Gasteiger partial charge >= 0.3 is 5.69 Å². The summed E-state index contributed by atoms with van der Waals surface area (Å²) in [5.74, 6) is -0.0654. The molecule has 2 aromatic carbocycles. The predicted octanol–water partition coefficient (Wildman–Crippen LogP) is 4.56. The van der Waals surface area contributed by atoms with Crippen molar-refractivity contribution in [2.45, 2.75) is 18.7 Å². The molecule has 0 unspecified atom stereocenters. The molecule has 0 fully saturated rings. The topological polar surface area (TPSA) is 130 Å². The van der Waals surface area contributed by atoms with Crippen molar-refractivity contribution in [3.63, 3.8) is 0 Å². The van der Waals surface area contributed by atoms with Crippen LogP contribution < -0.4 is 10.6 Å². The van der Waals surface area contributed by atoms with Crippen LogP contribution in [0.25, 0.3) is 0 Å². The summed E-state index contributed by atoms with van der Waals surface area (Å²) in [6.07, 6.45) is 1.18. The van der Waals surface area contributed by atoms with Gasteiger partial charge in [-0.05, 0) is 42.5 Å². The van der Waals surface area contributed by atoms with Gasteiger partial charge in [0.2, 0.25) is 21.7 Å². The van der Waals surface area contributed by atoms with Crippen LogP contribution in [0.4, 0.5) is 28.7 Å². The minimum absolute atomic E-state index is 0.0181. The zero-order valence-corrected chi connectivity index (χ0v) is 18.9. The van der Waals surface area contributed by atoms with Gasteiger partial charge in [0.25, 0.3) is 0 Å². The van der Waals surface area contributed by atoms with Crippen molar-refractivity contribution in [3.8, 4) is 0 Å². The molecule has 0 aliphatic carbocycles. The van der Waals surface area contributed by atoms with Crippen molar-refractivity contribution < 1.29 is 13.3 Å². The van der Waals surface area contributed by atoms with Gasteiger partial charge in [0.05, 0.1) is 9.82 Å². The first-order chi connectivity index (χ1) is 15.3. The molecule has 0 amide bonds. The Morgan fingerprint density at radius 3 is 2.12 bits per heavy atom. The molecule has 32 heavy (non-hydrogen) atoms. The number of nitrogens with zero attached hydrogens (tertiary/aromatic N) is 4. The third-order valence-corrected chi connectivity index (χ3v) is 6.85. The number of nitrogens with one attached hydrogen (secondary N) is 2. The third kappa shape index (κ3) is 5.13. The quantitative estimate of drug-likeness (QED) is 0.339. The minimum atomic E-state index is -3.61. The van der Waals surface area contributed by atoms with Crippen LogP contribution in [-0.4, -0.2) is 40.7 Å². The fourth-order valence-corrected chi connectivity index (χ4v) is 4.65. The number of aromatic nitrogens is 2. The van der Waals surface area contributed by atoms with Gasteiger partial charge in [0, 0.05) is 29.5 Å². The number of nitro groups is 1. The summed E-state index contributed by atoms with van der Waals surface area (Å²) in [4.78, 5) is 19.2. The van der Waals surface area contributed by atoms with Gasteiger partial charge in [0.15, 0.2) is 0 Å². The van der Waals surface area contributed by atoms with Gasteiger partial charge in [-0.2, -0.15) is 4.31 Å². The molecule has 0 radical (unpaired) electrons. The number of rotatable bonds is 9. The first-order valence-electron chi connectivity index (χ1n) is 9.65. The summed E-state index contributed by atoms with van der Waals surface area (Å²) in [5, 5.41) is 17.9. The number of sulfonamides is 1.